The van der Waals surface area contributed by atoms with Crippen molar-refractivity contribution in [1.29, 1.82) is 0 Å². The van der Waals surface area contributed by atoms with Gasteiger partial charge < -0.3 is 9.80 Å². The molecule has 16 heavy (non-hydrogen) atoms. The first-order valence-electron chi connectivity index (χ1n) is 6.67. The monoisotopic (exact) mass is 227 g/mol. The van der Waals surface area contributed by atoms with E-state index in [0.29, 0.717) is 5.54 Å². The van der Waals surface area contributed by atoms with Gasteiger partial charge in [-0.25, -0.2) is 0 Å². The number of fused-ring (bicyclic) bond motifs is 1. The Kier molecular flexibility index (Phi) is 4.36. The zero-order valence-corrected chi connectivity index (χ0v) is 11.3. The molecule has 0 radical (unpaired) electrons. The number of carbonyl (C=O) groups excluding carboxylic acids is 1. The summed E-state index contributed by atoms with van der Waals surface area (Å²) in [6.07, 6.45) is 5.25. The van der Waals surface area contributed by atoms with Gasteiger partial charge in [-0.05, 0) is 0 Å². The Labute approximate surface area is 99.8 Å². The molecule has 0 aliphatic carbocycles. The summed E-state index contributed by atoms with van der Waals surface area (Å²) in [5.41, 5.74) is 0.381. The molecular weight excluding hydrogens is 200 g/mol. The normalized spacial score (nSPS) is 36.2. The summed E-state index contributed by atoms with van der Waals surface area (Å²) in [7, 11) is 2.36. The number of carbonyl (C=O) groups is 1. The van der Waals surface area contributed by atoms with Gasteiger partial charge in [-0.15, -0.1) is 0 Å². The Morgan fingerprint density at radius 3 is 2.19 bits per heavy atom. The number of nitrogens with one attached hydrogen (secondary N) is 1. The van der Waals surface area contributed by atoms with Crippen LogP contribution in [0.3, 0.4) is 0 Å². The van der Waals surface area contributed by atoms with E-state index in [0.717, 1.165) is 6.54 Å². The predicted molar refractivity (Wildman–Crippen MR) is 67.1 cm³/mol. The molecule has 2 saturated heterocycles. The van der Waals surface area contributed by atoms with Gasteiger partial charge in [0.05, 0.1) is 26.7 Å². The SMILES string of the molecule is CC.CC(=O)NCC12CCC[N+]1(C)CCC2. The Balaban J connectivity index is 0.000000606. The minimum Gasteiger partial charge on any atom is -0.350 e. The molecule has 1 N–H and O–H groups in total. The molecule has 3 nitrogen and oxygen atoms in total. The van der Waals surface area contributed by atoms with Gasteiger partial charge >= 0.3 is 0 Å². The van der Waals surface area contributed by atoms with Crippen molar-refractivity contribution in [2.75, 3.05) is 26.7 Å². The zero-order valence-electron chi connectivity index (χ0n) is 11.3. The third kappa shape index (κ3) is 2.24. The van der Waals surface area contributed by atoms with Crippen molar-refractivity contribution in [2.24, 2.45) is 0 Å². The molecule has 0 spiro atoms. The van der Waals surface area contributed by atoms with E-state index in [-0.39, 0.29) is 5.91 Å². The molecule has 0 atom stereocenters. The number of hydrogen-bond donors (Lipinski definition) is 1. The lowest BCUT2D eigenvalue weighted by atomic mass is 9.93. The molecule has 2 aliphatic rings. The number of nitrogens with zero attached hydrogens (tertiary/aromatic N) is 1. The van der Waals surface area contributed by atoms with Crippen molar-refractivity contribution >= 4 is 5.91 Å². The highest BCUT2D eigenvalue weighted by atomic mass is 16.1. The van der Waals surface area contributed by atoms with Gasteiger partial charge in [0.15, 0.2) is 0 Å². The quantitative estimate of drug-likeness (QED) is 0.718. The third-order valence-electron chi connectivity index (χ3n) is 4.40. The fraction of sp³-hybridized carbons (Fsp3) is 0.923. The molecule has 0 aromatic heterocycles. The maximum absolute atomic E-state index is 11.0. The van der Waals surface area contributed by atoms with Crippen LogP contribution in [0.2, 0.25) is 0 Å². The van der Waals surface area contributed by atoms with E-state index < -0.39 is 0 Å². The van der Waals surface area contributed by atoms with Gasteiger partial charge in [0.25, 0.3) is 0 Å². The Bertz CT molecular complexity index is 240. The third-order valence-corrected chi connectivity index (χ3v) is 4.40. The standard InChI is InChI=1S/C11H20N2O.C2H6/c1-10(14)12-9-11-5-3-7-13(11,2)8-4-6-11;1-2/h3-9H2,1-2H3;1-2H3/p+1. The second-order valence-corrected chi connectivity index (χ2v) is 5.18. The van der Waals surface area contributed by atoms with Crippen LogP contribution >= 0.6 is 0 Å². The Morgan fingerprint density at radius 1 is 1.25 bits per heavy atom. The number of quaternary nitrogens is 1. The highest BCUT2D eigenvalue weighted by Gasteiger charge is 2.55. The van der Waals surface area contributed by atoms with Gasteiger partial charge in [0.1, 0.15) is 5.54 Å². The fourth-order valence-corrected chi connectivity index (χ4v) is 3.42. The summed E-state index contributed by atoms with van der Waals surface area (Å²) in [5, 5.41) is 3.02. The summed E-state index contributed by atoms with van der Waals surface area (Å²) >= 11 is 0. The van der Waals surface area contributed by atoms with Crippen LogP contribution in [0.4, 0.5) is 0 Å². The molecule has 0 aromatic rings. The van der Waals surface area contributed by atoms with Crippen molar-refractivity contribution in [2.45, 2.75) is 52.0 Å². The highest BCUT2D eigenvalue weighted by molar-refractivity contribution is 5.72. The minimum absolute atomic E-state index is 0.115. The Morgan fingerprint density at radius 2 is 1.75 bits per heavy atom. The van der Waals surface area contributed by atoms with E-state index in [1.54, 1.807) is 6.92 Å². The number of rotatable bonds is 2. The molecule has 94 valence electrons. The molecule has 1 amide bonds. The predicted octanol–water partition coefficient (Wildman–Crippen LogP) is 1.92. The van der Waals surface area contributed by atoms with E-state index in [1.165, 1.54) is 43.3 Å². The summed E-state index contributed by atoms with van der Waals surface area (Å²) in [4.78, 5) is 11.0. The van der Waals surface area contributed by atoms with Crippen molar-refractivity contribution in [3.63, 3.8) is 0 Å². The van der Waals surface area contributed by atoms with Gasteiger partial charge in [-0.2, -0.15) is 0 Å². The lowest BCUT2D eigenvalue weighted by Gasteiger charge is -2.40. The number of amides is 1. The summed E-state index contributed by atoms with van der Waals surface area (Å²) in [6.45, 7) is 9.11. The summed E-state index contributed by atoms with van der Waals surface area (Å²) in [6, 6.07) is 0. The van der Waals surface area contributed by atoms with Gasteiger partial charge in [-0.1, -0.05) is 13.8 Å². The topological polar surface area (TPSA) is 29.1 Å². The molecule has 0 bridgehead atoms. The van der Waals surface area contributed by atoms with Gasteiger partial charge in [0, 0.05) is 32.6 Å². The summed E-state index contributed by atoms with van der Waals surface area (Å²) < 4.78 is 1.20. The maximum Gasteiger partial charge on any atom is 0.217 e. The van der Waals surface area contributed by atoms with Crippen LogP contribution in [0.25, 0.3) is 0 Å². The molecule has 0 aromatic carbocycles. The largest absolute Gasteiger partial charge is 0.350 e. The Hall–Kier alpha value is -0.570. The van der Waals surface area contributed by atoms with Crippen molar-refractivity contribution in [1.82, 2.24) is 5.32 Å². The average Bonchev–Trinajstić information content (AvgIpc) is 2.71. The molecule has 3 heteroatoms. The fourth-order valence-electron chi connectivity index (χ4n) is 3.42. The van der Waals surface area contributed by atoms with Crippen LogP contribution in [-0.2, 0) is 4.79 Å². The molecule has 2 aliphatic heterocycles. The second-order valence-electron chi connectivity index (χ2n) is 5.18. The van der Waals surface area contributed by atoms with Crippen LogP contribution in [0.1, 0.15) is 46.5 Å². The summed E-state index contributed by atoms with van der Waals surface area (Å²) in [5.74, 6) is 0.115. The average molecular weight is 227 g/mol. The molecular formula is C13H27N2O+. The number of hydrogen-bond acceptors (Lipinski definition) is 1. The van der Waals surface area contributed by atoms with E-state index in [1.807, 2.05) is 13.8 Å². The van der Waals surface area contributed by atoms with E-state index >= 15 is 0 Å². The van der Waals surface area contributed by atoms with Gasteiger partial charge in [0.2, 0.25) is 5.91 Å². The lowest BCUT2D eigenvalue weighted by Crippen LogP contribution is -2.58. The van der Waals surface area contributed by atoms with Crippen LogP contribution < -0.4 is 5.32 Å². The van der Waals surface area contributed by atoms with Crippen LogP contribution in [0.5, 0.6) is 0 Å². The van der Waals surface area contributed by atoms with Gasteiger partial charge in [-0.3, -0.25) is 4.79 Å². The van der Waals surface area contributed by atoms with Crippen molar-refractivity contribution in [3.8, 4) is 0 Å². The molecule has 0 saturated carbocycles. The first-order chi connectivity index (χ1) is 7.58. The molecule has 2 rings (SSSR count). The number of likely N-dealkylation sites (N-methyl/N-ethyl adjacent to an activating group) is 1. The molecule has 2 fully saturated rings. The first-order valence-corrected chi connectivity index (χ1v) is 6.67. The smallest absolute Gasteiger partial charge is 0.217 e. The molecule has 0 unspecified atom stereocenters. The van der Waals surface area contributed by atoms with Crippen molar-refractivity contribution in [3.05, 3.63) is 0 Å². The molecule has 2 heterocycles. The zero-order chi connectivity index (χ0) is 12.2. The first kappa shape index (κ1) is 13.5. The maximum atomic E-state index is 11.0. The van der Waals surface area contributed by atoms with Crippen molar-refractivity contribution < 1.29 is 9.28 Å². The lowest BCUT2D eigenvalue weighted by molar-refractivity contribution is -0.932. The second kappa shape index (κ2) is 5.17. The van der Waals surface area contributed by atoms with Crippen LogP contribution in [0.15, 0.2) is 0 Å². The van der Waals surface area contributed by atoms with E-state index in [9.17, 15) is 4.79 Å². The van der Waals surface area contributed by atoms with Crippen LogP contribution in [-0.4, -0.2) is 42.6 Å². The van der Waals surface area contributed by atoms with E-state index in [4.69, 9.17) is 0 Å². The van der Waals surface area contributed by atoms with Crippen LogP contribution in [0, 0.1) is 0 Å². The minimum atomic E-state index is 0.115. The van der Waals surface area contributed by atoms with E-state index in [2.05, 4.69) is 12.4 Å². The highest BCUT2D eigenvalue weighted by Crippen LogP contribution is 2.43.